The van der Waals surface area contributed by atoms with E-state index in [2.05, 4.69) is 37.9 Å². The molecule has 19 heavy (non-hydrogen) atoms. The highest BCUT2D eigenvalue weighted by Crippen LogP contribution is 2.15. The lowest BCUT2D eigenvalue weighted by Crippen LogP contribution is -2.42. The minimum Gasteiger partial charge on any atom is -0.380 e. The zero-order valence-electron chi connectivity index (χ0n) is 13.5. The van der Waals surface area contributed by atoms with Gasteiger partial charge in [-0.1, -0.05) is 27.7 Å². The first-order valence-corrected chi connectivity index (χ1v) is 8.11. The molecule has 1 saturated heterocycles. The monoisotopic (exact) mass is 270 g/mol. The number of likely N-dealkylation sites (tertiary alicyclic amines) is 1. The third-order valence-corrected chi connectivity index (χ3v) is 3.81. The van der Waals surface area contributed by atoms with E-state index in [0.29, 0.717) is 6.04 Å². The van der Waals surface area contributed by atoms with E-state index < -0.39 is 0 Å². The Bertz CT molecular complexity index is 219. The molecular weight excluding hydrogens is 236 g/mol. The van der Waals surface area contributed by atoms with Crippen LogP contribution in [0, 0.1) is 11.8 Å². The molecule has 1 heterocycles. The van der Waals surface area contributed by atoms with Gasteiger partial charge < -0.3 is 15.0 Å². The van der Waals surface area contributed by atoms with Gasteiger partial charge in [0.2, 0.25) is 0 Å². The summed E-state index contributed by atoms with van der Waals surface area (Å²) in [6.07, 6.45) is 3.90. The summed E-state index contributed by atoms with van der Waals surface area (Å²) < 4.78 is 5.72. The topological polar surface area (TPSA) is 24.5 Å². The summed E-state index contributed by atoms with van der Waals surface area (Å²) >= 11 is 0. The van der Waals surface area contributed by atoms with E-state index in [-0.39, 0.29) is 0 Å². The van der Waals surface area contributed by atoms with E-state index >= 15 is 0 Å². The van der Waals surface area contributed by atoms with Crippen molar-refractivity contribution in [3.8, 4) is 0 Å². The number of hydrogen-bond acceptors (Lipinski definition) is 3. The van der Waals surface area contributed by atoms with Crippen LogP contribution < -0.4 is 5.32 Å². The highest BCUT2D eigenvalue weighted by molar-refractivity contribution is 4.75. The van der Waals surface area contributed by atoms with Gasteiger partial charge in [-0.2, -0.15) is 0 Å². The minimum absolute atomic E-state index is 0.606. The van der Waals surface area contributed by atoms with Crippen molar-refractivity contribution in [3.63, 3.8) is 0 Å². The van der Waals surface area contributed by atoms with Crippen LogP contribution in [0.2, 0.25) is 0 Å². The van der Waals surface area contributed by atoms with Crippen molar-refractivity contribution >= 4 is 0 Å². The zero-order valence-corrected chi connectivity index (χ0v) is 13.5. The smallest absolute Gasteiger partial charge is 0.0593 e. The molecule has 1 rings (SSSR count). The highest BCUT2D eigenvalue weighted by Gasteiger charge is 2.19. The van der Waals surface area contributed by atoms with Gasteiger partial charge in [0.15, 0.2) is 0 Å². The van der Waals surface area contributed by atoms with Gasteiger partial charge in [0.25, 0.3) is 0 Å². The first-order valence-electron chi connectivity index (χ1n) is 8.11. The number of nitrogens with one attached hydrogen (secondary N) is 1. The Balaban J connectivity index is 2.06. The van der Waals surface area contributed by atoms with Crippen LogP contribution in [0.5, 0.6) is 0 Å². The molecule has 0 aromatic carbocycles. The summed E-state index contributed by atoms with van der Waals surface area (Å²) in [6, 6.07) is 0.606. The van der Waals surface area contributed by atoms with Crippen molar-refractivity contribution in [1.29, 1.82) is 0 Å². The van der Waals surface area contributed by atoms with Crippen LogP contribution >= 0.6 is 0 Å². The molecule has 0 aliphatic carbocycles. The fraction of sp³-hybridized carbons (Fsp3) is 1.00. The van der Waals surface area contributed by atoms with E-state index in [1.54, 1.807) is 0 Å². The van der Waals surface area contributed by atoms with Gasteiger partial charge >= 0.3 is 0 Å². The van der Waals surface area contributed by atoms with Gasteiger partial charge in [-0.05, 0) is 44.2 Å². The molecule has 1 fully saturated rings. The molecule has 1 atom stereocenters. The Hall–Kier alpha value is -0.120. The molecule has 0 aromatic rings. The molecule has 0 spiro atoms. The van der Waals surface area contributed by atoms with Crippen LogP contribution in [0.4, 0.5) is 0 Å². The molecule has 0 radical (unpaired) electrons. The standard InChI is InChI=1S/C16H34N2O/c1-14(2)7-10-19-11-9-18-8-5-6-16(13-18)12-17-15(3)4/h14-17H,5-13H2,1-4H3. The maximum Gasteiger partial charge on any atom is 0.0593 e. The Kier molecular flexibility index (Phi) is 8.67. The van der Waals surface area contributed by atoms with Gasteiger partial charge in [0.1, 0.15) is 0 Å². The highest BCUT2D eigenvalue weighted by atomic mass is 16.5. The third kappa shape index (κ3) is 8.61. The van der Waals surface area contributed by atoms with Crippen molar-refractivity contribution in [2.75, 3.05) is 39.4 Å². The van der Waals surface area contributed by atoms with Gasteiger partial charge in [0, 0.05) is 25.7 Å². The van der Waals surface area contributed by atoms with Gasteiger partial charge in [-0.3, -0.25) is 0 Å². The van der Waals surface area contributed by atoms with Crippen LogP contribution in [-0.4, -0.2) is 50.3 Å². The van der Waals surface area contributed by atoms with Crippen molar-refractivity contribution in [3.05, 3.63) is 0 Å². The lowest BCUT2D eigenvalue weighted by atomic mass is 9.98. The summed E-state index contributed by atoms with van der Waals surface area (Å²) in [5.41, 5.74) is 0. The Morgan fingerprint density at radius 1 is 1.21 bits per heavy atom. The predicted molar refractivity (Wildman–Crippen MR) is 82.6 cm³/mol. The quantitative estimate of drug-likeness (QED) is 0.652. The maximum absolute atomic E-state index is 5.72. The number of piperidine rings is 1. The molecule has 1 aliphatic heterocycles. The normalized spacial score (nSPS) is 21.5. The number of nitrogens with zero attached hydrogens (tertiary/aromatic N) is 1. The van der Waals surface area contributed by atoms with Crippen LogP contribution in [0.3, 0.4) is 0 Å². The second kappa shape index (κ2) is 9.73. The average Bonchev–Trinajstić information content (AvgIpc) is 2.36. The van der Waals surface area contributed by atoms with Crippen molar-refractivity contribution in [1.82, 2.24) is 10.2 Å². The molecule has 0 aromatic heterocycles. The summed E-state index contributed by atoms with van der Waals surface area (Å²) in [4.78, 5) is 2.57. The predicted octanol–water partition coefficient (Wildman–Crippen LogP) is 2.76. The summed E-state index contributed by atoms with van der Waals surface area (Å²) in [6.45, 7) is 15.5. The van der Waals surface area contributed by atoms with E-state index in [0.717, 1.165) is 31.6 Å². The second-order valence-corrected chi connectivity index (χ2v) is 6.67. The number of ether oxygens (including phenoxy) is 1. The van der Waals surface area contributed by atoms with Crippen molar-refractivity contribution in [2.45, 2.75) is 53.0 Å². The number of rotatable bonds is 9. The molecule has 3 nitrogen and oxygen atoms in total. The molecular formula is C16H34N2O. The number of hydrogen-bond donors (Lipinski definition) is 1. The third-order valence-electron chi connectivity index (χ3n) is 3.81. The van der Waals surface area contributed by atoms with E-state index in [4.69, 9.17) is 4.74 Å². The zero-order chi connectivity index (χ0) is 14.1. The van der Waals surface area contributed by atoms with E-state index in [1.807, 2.05) is 0 Å². The van der Waals surface area contributed by atoms with E-state index in [1.165, 1.54) is 38.9 Å². The van der Waals surface area contributed by atoms with E-state index in [9.17, 15) is 0 Å². The SMILES string of the molecule is CC(C)CCOCCN1CCCC(CNC(C)C)C1. The molecule has 1 aliphatic rings. The van der Waals surface area contributed by atoms with Gasteiger partial charge in [0.05, 0.1) is 6.61 Å². The second-order valence-electron chi connectivity index (χ2n) is 6.67. The van der Waals surface area contributed by atoms with Crippen LogP contribution in [0.15, 0.2) is 0 Å². The van der Waals surface area contributed by atoms with Crippen LogP contribution in [-0.2, 0) is 4.74 Å². The Morgan fingerprint density at radius 3 is 2.68 bits per heavy atom. The van der Waals surface area contributed by atoms with Crippen LogP contribution in [0.1, 0.15) is 47.0 Å². The Morgan fingerprint density at radius 2 is 2.00 bits per heavy atom. The molecule has 1 unspecified atom stereocenters. The minimum atomic E-state index is 0.606. The lowest BCUT2D eigenvalue weighted by Gasteiger charge is -2.33. The maximum atomic E-state index is 5.72. The lowest BCUT2D eigenvalue weighted by molar-refractivity contribution is 0.0790. The largest absolute Gasteiger partial charge is 0.380 e. The molecule has 114 valence electrons. The first kappa shape index (κ1) is 16.9. The fourth-order valence-corrected chi connectivity index (χ4v) is 2.54. The summed E-state index contributed by atoms with van der Waals surface area (Å²) in [7, 11) is 0. The van der Waals surface area contributed by atoms with Gasteiger partial charge in [-0.15, -0.1) is 0 Å². The molecule has 3 heteroatoms. The van der Waals surface area contributed by atoms with Crippen molar-refractivity contribution in [2.24, 2.45) is 11.8 Å². The molecule has 0 bridgehead atoms. The van der Waals surface area contributed by atoms with Crippen molar-refractivity contribution < 1.29 is 4.74 Å². The van der Waals surface area contributed by atoms with Gasteiger partial charge in [-0.25, -0.2) is 0 Å². The molecule has 0 saturated carbocycles. The average molecular weight is 270 g/mol. The van der Waals surface area contributed by atoms with Crippen LogP contribution in [0.25, 0.3) is 0 Å². The molecule has 0 amide bonds. The Labute approximate surface area is 120 Å². The fourth-order valence-electron chi connectivity index (χ4n) is 2.54. The summed E-state index contributed by atoms with van der Waals surface area (Å²) in [5.74, 6) is 1.58. The first-order chi connectivity index (χ1) is 9.08. The summed E-state index contributed by atoms with van der Waals surface area (Å²) in [5, 5.41) is 3.57. The molecule has 1 N–H and O–H groups in total.